The lowest BCUT2D eigenvalue weighted by Crippen LogP contribution is -2.36. The van der Waals surface area contributed by atoms with Gasteiger partial charge in [-0.25, -0.2) is 0 Å². The molecule has 0 saturated carbocycles. The third-order valence-corrected chi connectivity index (χ3v) is 4.17. The average Bonchev–Trinajstić information content (AvgIpc) is 2.71. The number of benzene rings is 2. The highest BCUT2D eigenvalue weighted by Crippen LogP contribution is 2.32. The van der Waals surface area contributed by atoms with E-state index in [1.807, 2.05) is 25.1 Å². The molecule has 8 heteroatoms. The number of hydrogen-bond donors (Lipinski definition) is 2. The second-order valence-corrected chi connectivity index (χ2v) is 6.14. The number of rotatable bonds is 9. The number of methoxy groups -OCH3 is 1. The average molecular weight is 407 g/mol. The Kier molecular flexibility index (Phi) is 8.51. The summed E-state index contributed by atoms with van der Waals surface area (Å²) in [6.07, 6.45) is 0. The highest BCUT2D eigenvalue weighted by Gasteiger charge is 2.16. The summed E-state index contributed by atoms with van der Waals surface area (Å²) >= 11 is 0. The summed E-state index contributed by atoms with van der Waals surface area (Å²) in [5.41, 5.74) is 2.62. The van der Waals surface area contributed by atoms with Gasteiger partial charge in [-0.15, -0.1) is 0 Å². The molecule has 0 unspecified atom stereocenters. The van der Waals surface area contributed by atoms with Crippen molar-refractivity contribution in [3.8, 4) is 17.2 Å². The Labute approximate surface area is 169 Å². The van der Waals surface area contributed by atoms with Crippen molar-refractivity contribution in [2.24, 2.45) is 4.99 Å². The predicted molar refractivity (Wildman–Crippen MR) is 109 cm³/mol. The normalized spacial score (nSPS) is 11.3. The topological polar surface area (TPSA) is 64.1 Å². The van der Waals surface area contributed by atoms with Crippen molar-refractivity contribution in [1.29, 1.82) is 0 Å². The summed E-state index contributed by atoms with van der Waals surface area (Å²) in [7, 11) is 3.27. The Hall–Kier alpha value is -3.03. The zero-order valence-electron chi connectivity index (χ0n) is 17.1. The van der Waals surface area contributed by atoms with Gasteiger partial charge in [0.05, 0.1) is 13.7 Å². The van der Waals surface area contributed by atoms with E-state index in [2.05, 4.69) is 20.4 Å². The molecule has 2 aromatic carbocycles. The number of alkyl halides is 2. The Bertz CT molecular complexity index is 829. The second-order valence-electron chi connectivity index (χ2n) is 6.14. The minimum absolute atomic E-state index is 0.0237. The monoisotopic (exact) mass is 407 g/mol. The van der Waals surface area contributed by atoms with Gasteiger partial charge in [0.2, 0.25) is 0 Å². The van der Waals surface area contributed by atoms with Crippen molar-refractivity contribution in [3.63, 3.8) is 0 Å². The maximum absolute atomic E-state index is 12.8. The number of guanidine groups is 1. The fraction of sp³-hybridized carbons (Fsp3) is 0.381. The molecule has 2 N–H and O–H groups in total. The lowest BCUT2D eigenvalue weighted by molar-refractivity contribution is -0.0520. The van der Waals surface area contributed by atoms with Gasteiger partial charge in [-0.2, -0.15) is 8.78 Å². The Morgan fingerprint density at radius 2 is 1.86 bits per heavy atom. The van der Waals surface area contributed by atoms with Crippen molar-refractivity contribution in [2.75, 3.05) is 20.8 Å². The molecule has 0 radical (unpaired) electrons. The van der Waals surface area contributed by atoms with Gasteiger partial charge in [-0.3, -0.25) is 4.99 Å². The van der Waals surface area contributed by atoms with E-state index in [1.165, 1.54) is 0 Å². The highest BCUT2D eigenvalue weighted by atomic mass is 19.3. The molecule has 0 fully saturated rings. The molecule has 0 bridgehead atoms. The number of halogens is 2. The molecule has 0 aliphatic heterocycles. The van der Waals surface area contributed by atoms with Gasteiger partial charge in [0.1, 0.15) is 5.75 Å². The quantitative estimate of drug-likeness (QED) is 0.488. The van der Waals surface area contributed by atoms with Crippen LogP contribution in [0, 0.1) is 6.92 Å². The molecule has 0 aliphatic rings. The van der Waals surface area contributed by atoms with E-state index in [1.54, 1.807) is 39.3 Å². The van der Waals surface area contributed by atoms with Crippen molar-refractivity contribution in [3.05, 3.63) is 53.1 Å². The van der Waals surface area contributed by atoms with E-state index in [0.29, 0.717) is 24.7 Å². The summed E-state index contributed by atoms with van der Waals surface area (Å²) < 4.78 is 41.1. The Morgan fingerprint density at radius 1 is 1.10 bits per heavy atom. The van der Waals surface area contributed by atoms with E-state index in [-0.39, 0.29) is 18.0 Å². The Morgan fingerprint density at radius 3 is 2.52 bits per heavy atom. The standard InChI is InChI=1S/C21H27F2N3O3/c1-5-28-17-8-6-7-16(19(17)29-20(22)23)13-26-21(24-3)25-12-15-10-9-14(2)18(11-15)27-4/h6-11,20H,5,12-13H2,1-4H3,(H2,24,25,26). The minimum atomic E-state index is -2.94. The molecule has 29 heavy (non-hydrogen) atoms. The van der Waals surface area contributed by atoms with Crippen LogP contribution in [0.2, 0.25) is 0 Å². The minimum Gasteiger partial charge on any atom is -0.496 e. The number of hydrogen-bond acceptors (Lipinski definition) is 4. The number of aryl methyl sites for hydroxylation is 1. The fourth-order valence-electron chi connectivity index (χ4n) is 2.75. The van der Waals surface area contributed by atoms with E-state index >= 15 is 0 Å². The molecule has 2 rings (SSSR count). The first-order chi connectivity index (χ1) is 14.0. The van der Waals surface area contributed by atoms with E-state index in [9.17, 15) is 8.78 Å². The number of nitrogens with one attached hydrogen (secondary N) is 2. The van der Waals surface area contributed by atoms with Gasteiger partial charge in [-0.05, 0) is 37.1 Å². The molecule has 0 aromatic heterocycles. The summed E-state index contributed by atoms with van der Waals surface area (Å²) in [6, 6.07) is 11.0. The molecule has 0 spiro atoms. The van der Waals surface area contributed by atoms with Gasteiger partial charge in [0, 0.05) is 25.7 Å². The molecule has 0 atom stereocenters. The van der Waals surface area contributed by atoms with Gasteiger partial charge >= 0.3 is 6.61 Å². The lowest BCUT2D eigenvalue weighted by atomic mass is 10.1. The number of nitrogens with zero attached hydrogens (tertiary/aromatic N) is 1. The van der Waals surface area contributed by atoms with Crippen molar-refractivity contribution >= 4 is 5.96 Å². The number of para-hydroxylation sites is 1. The van der Waals surface area contributed by atoms with Crippen LogP contribution in [-0.4, -0.2) is 33.3 Å². The van der Waals surface area contributed by atoms with E-state index in [0.717, 1.165) is 16.9 Å². The fourth-order valence-corrected chi connectivity index (χ4v) is 2.75. The van der Waals surface area contributed by atoms with Crippen LogP contribution in [0.4, 0.5) is 8.78 Å². The Balaban J connectivity index is 2.04. The molecule has 0 saturated heterocycles. The molecule has 0 heterocycles. The third kappa shape index (κ3) is 6.51. The maximum atomic E-state index is 12.8. The molecule has 158 valence electrons. The van der Waals surface area contributed by atoms with Gasteiger partial charge in [-0.1, -0.05) is 24.3 Å². The van der Waals surface area contributed by atoms with Crippen LogP contribution >= 0.6 is 0 Å². The largest absolute Gasteiger partial charge is 0.496 e. The van der Waals surface area contributed by atoms with Crippen LogP contribution in [0.25, 0.3) is 0 Å². The first-order valence-electron chi connectivity index (χ1n) is 9.26. The summed E-state index contributed by atoms with van der Waals surface area (Å²) in [5.74, 6) is 1.64. The van der Waals surface area contributed by atoms with Gasteiger partial charge in [0.15, 0.2) is 17.5 Å². The third-order valence-electron chi connectivity index (χ3n) is 4.17. The highest BCUT2D eigenvalue weighted by molar-refractivity contribution is 5.79. The van der Waals surface area contributed by atoms with Crippen LogP contribution in [-0.2, 0) is 13.1 Å². The van der Waals surface area contributed by atoms with Crippen molar-refractivity contribution < 1.29 is 23.0 Å². The molecule has 0 aliphatic carbocycles. The second kappa shape index (κ2) is 11.1. The van der Waals surface area contributed by atoms with Crippen molar-refractivity contribution in [1.82, 2.24) is 10.6 Å². The predicted octanol–water partition coefficient (Wildman–Crippen LogP) is 3.87. The maximum Gasteiger partial charge on any atom is 0.387 e. The molecule has 0 amide bonds. The van der Waals surface area contributed by atoms with Crippen LogP contribution < -0.4 is 24.8 Å². The zero-order valence-corrected chi connectivity index (χ0v) is 17.1. The lowest BCUT2D eigenvalue weighted by Gasteiger charge is -2.17. The SMILES string of the molecule is CCOc1cccc(CNC(=NC)NCc2ccc(C)c(OC)c2)c1OC(F)F. The first kappa shape index (κ1) is 22.3. The van der Waals surface area contributed by atoms with E-state index in [4.69, 9.17) is 9.47 Å². The molecular weight excluding hydrogens is 380 g/mol. The molecule has 6 nitrogen and oxygen atoms in total. The molecular formula is C21H27F2N3O3. The first-order valence-corrected chi connectivity index (χ1v) is 9.26. The number of aliphatic imine (C=N–C) groups is 1. The zero-order chi connectivity index (χ0) is 21.2. The van der Waals surface area contributed by atoms with Crippen molar-refractivity contribution in [2.45, 2.75) is 33.5 Å². The van der Waals surface area contributed by atoms with Crippen LogP contribution in [0.15, 0.2) is 41.4 Å². The van der Waals surface area contributed by atoms with Gasteiger partial charge < -0.3 is 24.8 Å². The van der Waals surface area contributed by atoms with Crippen LogP contribution in [0.1, 0.15) is 23.6 Å². The summed E-state index contributed by atoms with van der Waals surface area (Å²) in [4.78, 5) is 4.17. The van der Waals surface area contributed by atoms with E-state index < -0.39 is 6.61 Å². The summed E-state index contributed by atoms with van der Waals surface area (Å²) in [6.45, 7) is 1.92. The molecule has 2 aromatic rings. The van der Waals surface area contributed by atoms with Crippen LogP contribution in [0.5, 0.6) is 17.2 Å². The summed E-state index contributed by atoms with van der Waals surface area (Å²) in [5, 5.41) is 6.30. The van der Waals surface area contributed by atoms with Crippen LogP contribution in [0.3, 0.4) is 0 Å². The van der Waals surface area contributed by atoms with Gasteiger partial charge in [0.25, 0.3) is 0 Å². The smallest absolute Gasteiger partial charge is 0.387 e. The number of ether oxygens (including phenoxy) is 3.